The summed E-state index contributed by atoms with van der Waals surface area (Å²) >= 11 is 0. The van der Waals surface area contributed by atoms with Crippen LogP contribution in [-0.2, 0) is 4.79 Å². The van der Waals surface area contributed by atoms with Gasteiger partial charge in [-0.15, -0.1) is 24.8 Å². The normalized spacial score (nSPS) is 15.6. The Labute approximate surface area is 184 Å². The molecule has 1 aromatic heterocycles. The maximum absolute atomic E-state index is 13.1. The van der Waals surface area contributed by atoms with Gasteiger partial charge in [0.15, 0.2) is 0 Å². The molecule has 2 amide bonds. The lowest BCUT2D eigenvalue weighted by Gasteiger charge is -2.36. The van der Waals surface area contributed by atoms with Crippen LogP contribution in [0.2, 0.25) is 0 Å². The fourth-order valence-corrected chi connectivity index (χ4v) is 3.44. The highest BCUT2D eigenvalue weighted by Gasteiger charge is 2.28. The predicted octanol–water partition coefficient (Wildman–Crippen LogP) is 3.05. The smallest absolute Gasteiger partial charge is 0.255 e. The van der Waals surface area contributed by atoms with Gasteiger partial charge in [0.25, 0.3) is 5.91 Å². The van der Waals surface area contributed by atoms with Gasteiger partial charge in [0.05, 0.1) is 5.56 Å². The van der Waals surface area contributed by atoms with E-state index in [0.717, 1.165) is 30.4 Å². The molecule has 1 fully saturated rings. The number of amides is 2. The Hall–Kier alpha value is -2.15. The van der Waals surface area contributed by atoms with E-state index in [-0.39, 0.29) is 42.7 Å². The van der Waals surface area contributed by atoms with Crippen LogP contribution >= 0.6 is 24.8 Å². The number of nitrogens with two attached hydrogens (primary N) is 1. The predicted molar refractivity (Wildman–Crippen MR) is 120 cm³/mol. The Morgan fingerprint density at radius 1 is 1.10 bits per heavy atom. The number of pyridine rings is 1. The average Bonchev–Trinajstić information content (AvgIpc) is 2.73. The van der Waals surface area contributed by atoms with Gasteiger partial charge >= 0.3 is 0 Å². The van der Waals surface area contributed by atoms with Crippen molar-refractivity contribution < 1.29 is 9.59 Å². The number of rotatable bonds is 6. The number of piperidine rings is 1. The number of carbonyl (C=O) groups excluding carboxylic acids is 2. The first-order valence-corrected chi connectivity index (χ1v) is 9.47. The van der Waals surface area contributed by atoms with E-state index in [0.29, 0.717) is 31.6 Å². The summed E-state index contributed by atoms with van der Waals surface area (Å²) in [6.45, 7) is 1.50. The summed E-state index contributed by atoms with van der Waals surface area (Å²) in [5.41, 5.74) is 7.95. The number of aromatic nitrogens is 1. The Kier molecular flexibility index (Phi) is 10.7. The third-order valence-electron chi connectivity index (χ3n) is 4.89. The average molecular weight is 439 g/mol. The summed E-state index contributed by atoms with van der Waals surface area (Å²) in [6.07, 6.45) is 6.62. The van der Waals surface area contributed by atoms with Crippen LogP contribution in [0, 0.1) is 0 Å². The second-order valence-electron chi connectivity index (χ2n) is 6.82. The van der Waals surface area contributed by atoms with E-state index in [2.05, 4.69) is 10.3 Å². The van der Waals surface area contributed by atoms with Crippen molar-refractivity contribution in [3.63, 3.8) is 0 Å². The highest BCUT2D eigenvalue weighted by atomic mass is 35.5. The van der Waals surface area contributed by atoms with E-state index < -0.39 is 0 Å². The first-order chi connectivity index (χ1) is 13.2. The number of halogens is 2. The van der Waals surface area contributed by atoms with Crippen molar-refractivity contribution in [1.29, 1.82) is 0 Å². The van der Waals surface area contributed by atoms with Crippen LogP contribution in [-0.4, -0.2) is 47.4 Å². The lowest BCUT2D eigenvalue weighted by atomic mass is 10.00. The zero-order valence-corrected chi connectivity index (χ0v) is 17.9. The van der Waals surface area contributed by atoms with Crippen LogP contribution in [0.15, 0.2) is 48.8 Å². The third-order valence-corrected chi connectivity index (χ3v) is 4.89. The molecule has 29 heavy (non-hydrogen) atoms. The van der Waals surface area contributed by atoms with E-state index in [1.165, 1.54) is 0 Å². The van der Waals surface area contributed by atoms with Gasteiger partial charge in [0, 0.05) is 50.1 Å². The van der Waals surface area contributed by atoms with Gasteiger partial charge in [-0.3, -0.25) is 14.6 Å². The largest absolute Gasteiger partial charge is 0.354 e. The Balaban J connectivity index is 0.00000210. The van der Waals surface area contributed by atoms with Crippen molar-refractivity contribution in [1.82, 2.24) is 15.2 Å². The molecule has 1 aliphatic rings. The zero-order chi connectivity index (χ0) is 19.1. The number of hydrogen-bond donors (Lipinski definition) is 2. The fraction of sp³-hybridized carbons (Fsp3) is 0.381. The Bertz CT molecular complexity index is 789. The summed E-state index contributed by atoms with van der Waals surface area (Å²) in [4.78, 5) is 31.0. The number of nitrogens with one attached hydrogen (secondary N) is 1. The summed E-state index contributed by atoms with van der Waals surface area (Å²) in [5.74, 6) is -0.0960. The van der Waals surface area contributed by atoms with Crippen molar-refractivity contribution in [2.24, 2.45) is 5.73 Å². The molecule has 1 atom stereocenters. The molecular formula is C21H28Cl2N4O2. The number of carbonyl (C=O) groups is 2. The number of hydrogen-bond acceptors (Lipinski definition) is 4. The van der Waals surface area contributed by atoms with Crippen LogP contribution in [0.5, 0.6) is 0 Å². The first kappa shape index (κ1) is 24.9. The van der Waals surface area contributed by atoms with Crippen LogP contribution in [0.1, 0.15) is 36.0 Å². The maximum Gasteiger partial charge on any atom is 0.255 e. The second kappa shape index (κ2) is 12.4. The minimum absolute atomic E-state index is 0. The fourth-order valence-electron chi connectivity index (χ4n) is 3.44. The van der Waals surface area contributed by atoms with Crippen LogP contribution in [0.3, 0.4) is 0 Å². The molecule has 1 saturated heterocycles. The number of benzene rings is 1. The van der Waals surface area contributed by atoms with E-state index in [1.807, 2.05) is 41.3 Å². The van der Waals surface area contributed by atoms with Crippen molar-refractivity contribution >= 4 is 36.6 Å². The number of nitrogens with zero attached hydrogens (tertiary/aromatic N) is 2. The molecule has 0 saturated carbocycles. The summed E-state index contributed by atoms with van der Waals surface area (Å²) in [5, 5.41) is 2.90. The first-order valence-electron chi connectivity index (χ1n) is 9.47. The van der Waals surface area contributed by atoms with Gasteiger partial charge in [0.1, 0.15) is 0 Å². The van der Waals surface area contributed by atoms with E-state index in [4.69, 9.17) is 5.73 Å². The lowest BCUT2D eigenvalue weighted by molar-refractivity contribution is -0.121. The van der Waals surface area contributed by atoms with Gasteiger partial charge in [-0.2, -0.15) is 0 Å². The van der Waals surface area contributed by atoms with E-state index in [1.54, 1.807) is 12.4 Å². The highest BCUT2D eigenvalue weighted by Crippen LogP contribution is 2.22. The van der Waals surface area contributed by atoms with Crippen molar-refractivity contribution in [2.45, 2.75) is 31.7 Å². The molecule has 6 nitrogen and oxygen atoms in total. The maximum atomic E-state index is 13.1. The van der Waals surface area contributed by atoms with Crippen LogP contribution in [0.4, 0.5) is 0 Å². The molecule has 0 radical (unpaired) electrons. The van der Waals surface area contributed by atoms with E-state index >= 15 is 0 Å². The molecule has 0 bridgehead atoms. The SMILES string of the molecule is Cl.Cl.NCCC(=O)NCC1CCCCN1C(=O)c1cncc(-c2ccccc2)c1. The minimum Gasteiger partial charge on any atom is -0.354 e. The zero-order valence-electron chi connectivity index (χ0n) is 16.3. The molecule has 0 aliphatic carbocycles. The summed E-state index contributed by atoms with van der Waals surface area (Å²) < 4.78 is 0. The minimum atomic E-state index is -0.0665. The standard InChI is InChI=1S/C21H26N4O2.2ClH/c22-10-9-20(26)24-15-19-8-4-5-11-25(19)21(27)18-12-17(13-23-14-18)16-6-2-1-3-7-16;;/h1-3,6-7,12-14,19H,4-5,8-11,15,22H2,(H,24,26);2*1H. The molecule has 2 heterocycles. The molecule has 1 aromatic carbocycles. The van der Waals surface area contributed by atoms with E-state index in [9.17, 15) is 9.59 Å². The van der Waals surface area contributed by atoms with Crippen molar-refractivity contribution in [3.05, 3.63) is 54.4 Å². The lowest BCUT2D eigenvalue weighted by Crippen LogP contribution is -2.49. The number of likely N-dealkylation sites (tertiary alicyclic amines) is 1. The Morgan fingerprint density at radius 3 is 2.59 bits per heavy atom. The quantitative estimate of drug-likeness (QED) is 0.724. The molecule has 3 N–H and O–H groups in total. The highest BCUT2D eigenvalue weighted by molar-refractivity contribution is 5.95. The second-order valence-corrected chi connectivity index (χ2v) is 6.82. The van der Waals surface area contributed by atoms with Crippen LogP contribution < -0.4 is 11.1 Å². The van der Waals surface area contributed by atoms with Gasteiger partial charge in [0.2, 0.25) is 5.91 Å². The third kappa shape index (κ3) is 6.70. The topological polar surface area (TPSA) is 88.3 Å². The molecule has 158 valence electrons. The van der Waals surface area contributed by atoms with Gasteiger partial charge in [-0.1, -0.05) is 30.3 Å². The molecule has 2 aromatic rings. The van der Waals surface area contributed by atoms with Crippen molar-refractivity contribution in [3.8, 4) is 11.1 Å². The summed E-state index contributed by atoms with van der Waals surface area (Å²) in [7, 11) is 0. The molecule has 1 aliphatic heterocycles. The molecule has 8 heteroatoms. The van der Waals surface area contributed by atoms with Gasteiger partial charge in [-0.25, -0.2) is 0 Å². The van der Waals surface area contributed by atoms with Crippen LogP contribution in [0.25, 0.3) is 11.1 Å². The molecule has 0 spiro atoms. The van der Waals surface area contributed by atoms with Gasteiger partial charge < -0.3 is 16.0 Å². The van der Waals surface area contributed by atoms with Crippen molar-refractivity contribution in [2.75, 3.05) is 19.6 Å². The van der Waals surface area contributed by atoms with Gasteiger partial charge in [-0.05, 0) is 30.9 Å². The molecule has 3 rings (SSSR count). The summed E-state index contributed by atoms with van der Waals surface area (Å²) in [6, 6.07) is 11.8. The monoisotopic (exact) mass is 438 g/mol. The Morgan fingerprint density at radius 2 is 1.86 bits per heavy atom. The molecule has 1 unspecified atom stereocenters. The molecular weight excluding hydrogens is 411 g/mol.